The second-order valence-corrected chi connectivity index (χ2v) is 8.39. The van der Waals surface area contributed by atoms with Crippen molar-refractivity contribution in [1.82, 2.24) is 14.8 Å². The van der Waals surface area contributed by atoms with E-state index in [-0.39, 0.29) is 5.91 Å². The largest absolute Gasteiger partial charge is 0.325 e. The van der Waals surface area contributed by atoms with E-state index < -0.39 is 0 Å². The average Bonchev–Trinajstić information content (AvgIpc) is 3.33. The molecule has 0 radical (unpaired) electrons. The van der Waals surface area contributed by atoms with E-state index in [0.717, 1.165) is 53.6 Å². The lowest BCUT2D eigenvalue weighted by Crippen LogP contribution is -2.15. The van der Waals surface area contributed by atoms with Crippen molar-refractivity contribution in [3.63, 3.8) is 0 Å². The van der Waals surface area contributed by atoms with Gasteiger partial charge < -0.3 is 9.88 Å². The van der Waals surface area contributed by atoms with Crippen molar-refractivity contribution >= 4 is 34.7 Å². The number of carbonyl (C=O) groups is 1. The van der Waals surface area contributed by atoms with Gasteiger partial charge in [0.15, 0.2) is 11.0 Å². The Balaban J connectivity index is 1.67. The molecule has 2 heterocycles. The topological polar surface area (TPSA) is 59.8 Å². The molecule has 1 N–H and O–H groups in total. The van der Waals surface area contributed by atoms with Gasteiger partial charge in [0.25, 0.3) is 0 Å². The van der Waals surface area contributed by atoms with Crippen LogP contribution >= 0.6 is 23.1 Å². The number of para-hydroxylation sites is 1. The summed E-state index contributed by atoms with van der Waals surface area (Å²) in [6.07, 6.45) is 3.11. The first-order valence-corrected chi connectivity index (χ1v) is 11.5. The number of anilines is 1. The fourth-order valence-corrected chi connectivity index (χ4v) is 4.81. The molecule has 7 heteroatoms. The van der Waals surface area contributed by atoms with E-state index in [0.29, 0.717) is 5.75 Å². The third kappa shape index (κ3) is 4.83. The highest BCUT2D eigenvalue weighted by Crippen LogP contribution is 2.28. The summed E-state index contributed by atoms with van der Waals surface area (Å²) in [7, 11) is 0. The zero-order chi connectivity index (χ0) is 19.9. The van der Waals surface area contributed by atoms with Crippen LogP contribution in [0.3, 0.4) is 0 Å². The van der Waals surface area contributed by atoms with Crippen LogP contribution in [-0.4, -0.2) is 26.4 Å². The number of thioether (sulfide) groups is 1. The molecule has 0 saturated heterocycles. The normalized spacial score (nSPS) is 11.0. The lowest BCUT2D eigenvalue weighted by Gasteiger charge is -2.10. The third-order valence-electron chi connectivity index (χ3n) is 4.45. The molecule has 1 amide bonds. The van der Waals surface area contributed by atoms with Crippen LogP contribution in [0.2, 0.25) is 0 Å². The number of aromatic nitrogens is 3. The van der Waals surface area contributed by atoms with Gasteiger partial charge in [-0.1, -0.05) is 50.2 Å². The Bertz CT molecular complexity index is 932. The number of thiophene rings is 1. The van der Waals surface area contributed by atoms with E-state index in [1.807, 2.05) is 24.3 Å². The lowest BCUT2D eigenvalue weighted by atomic mass is 10.1. The maximum atomic E-state index is 12.4. The Kier molecular flexibility index (Phi) is 7.28. The van der Waals surface area contributed by atoms with Gasteiger partial charge in [0.05, 0.1) is 5.75 Å². The van der Waals surface area contributed by atoms with E-state index in [1.165, 1.54) is 16.6 Å². The number of hydrogen-bond donors (Lipinski definition) is 1. The molecule has 0 unspecified atom stereocenters. The number of nitrogens with zero attached hydrogens (tertiary/aromatic N) is 3. The summed E-state index contributed by atoms with van der Waals surface area (Å²) in [6.45, 7) is 7.12. The van der Waals surface area contributed by atoms with E-state index in [1.54, 1.807) is 11.3 Å². The van der Waals surface area contributed by atoms with Gasteiger partial charge >= 0.3 is 0 Å². The van der Waals surface area contributed by atoms with Crippen molar-refractivity contribution in [3.05, 3.63) is 46.2 Å². The molecule has 0 spiro atoms. The number of amides is 1. The zero-order valence-corrected chi connectivity index (χ0v) is 18.2. The number of carbonyl (C=O) groups excluding carboxylic acids is 1. The summed E-state index contributed by atoms with van der Waals surface area (Å²) in [4.78, 5) is 13.8. The van der Waals surface area contributed by atoms with Crippen LogP contribution in [0.4, 0.5) is 5.69 Å². The van der Waals surface area contributed by atoms with Gasteiger partial charge in [0, 0.05) is 28.1 Å². The molecule has 0 saturated carbocycles. The van der Waals surface area contributed by atoms with E-state index >= 15 is 0 Å². The van der Waals surface area contributed by atoms with Gasteiger partial charge in [-0.25, -0.2) is 0 Å². The molecule has 2 aromatic heterocycles. The molecular weight excluding hydrogens is 388 g/mol. The molecule has 0 aliphatic heterocycles. The highest BCUT2D eigenvalue weighted by atomic mass is 32.2. The van der Waals surface area contributed by atoms with Crippen molar-refractivity contribution in [2.45, 2.75) is 51.7 Å². The second-order valence-electron chi connectivity index (χ2n) is 6.45. The van der Waals surface area contributed by atoms with Crippen molar-refractivity contribution in [1.29, 1.82) is 0 Å². The molecule has 5 nitrogen and oxygen atoms in total. The van der Waals surface area contributed by atoms with Gasteiger partial charge in [-0.05, 0) is 37.5 Å². The average molecular weight is 415 g/mol. The SMILES string of the molecule is CCCc1cc(-c2nnc(SCC(=O)Nc3ccccc3CC)n2CC)cs1. The smallest absolute Gasteiger partial charge is 0.234 e. The summed E-state index contributed by atoms with van der Waals surface area (Å²) in [5.41, 5.74) is 3.13. The molecule has 0 aliphatic rings. The summed E-state index contributed by atoms with van der Waals surface area (Å²) >= 11 is 3.19. The first kappa shape index (κ1) is 20.6. The Morgan fingerprint density at radius 1 is 1.21 bits per heavy atom. The summed E-state index contributed by atoms with van der Waals surface area (Å²) in [5, 5.41) is 14.6. The Morgan fingerprint density at radius 2 is 2.04 bits per heavy atom. The molecule has 3 rings (SSSR count). The Morgan fingerprint density at radius 3 is 2.79 bits per heavy atom. The molecule has 1 aromatic carbocycles. The number of rotatable bonds is 9. The van der Waals surface area contributed by atoms with Crippen LogP contribution < -0.4 is 5.32 Å². The van der Waals surface area contributed by atoms with Crippen LogP contribution in [0.25, 0.3) is 11.4 Å². The van der Waals surface area contributed by atoms with Crippen LogP contribution in [-0.2, 0) is 24.2 Å². The molecule has 0 bridgehead atoms. The van der Waals surface area contributed by atoms with Gasteiger partial charge in [0.2, 0.25) is 5.91 Å². The number of nitrogens with one attached hydrogen (secondary N) is 1. The van der Waals surface area contributed by atoms with Gasteiger partial charge in [-0.3, -0.25) is 4.79 Å². The van der Waals surface area contributed by atoms with Crippen LogP contribution in [0.15, 0.2) is 40.9 Å². The van der Waals surface area contributed by atoms with E-state index in [4.69, 9.17) is 0 Å². The first-order chi connectivity index (χ1) is 13.7. The lowest BCUT2D eigenvalue weighted by molar-refractivity contribution is -0.113. The molecule has 148 valence electrons. The van der Waals surface area contributed by atoms with Crippen molar-refractivity contribution in [2.75, 3.05) is 11.1 Å². The van der Waals surface area contributed by atoms with Gasteiger partial charge in [-0.2, -0.15) is 0 Å². The molecule has 0 atom stereocenters. The summed E-state index contributed by atoms with van der Waals surface area (Å²) in [6, 6.07) is 10.1. The molecule has 3 aromatic rings. The zero-order valence-electron chi connectivity index (χ0n) is 16.6. The number of aryl methyl sites for hydroxylation is 2. The second kappa shape index (κ2) is 9.89. The van der Waals surface area contributed by atoms with E-state index in [2.05, 4.69) is 52.3 Å². The minimum atomic E-state index is -0.0288. The Hall–Kier alpha value is -2.12. The maximum absolute atomic E-state index is 12.4. The first-order valence-electron chi connectivity index (χ1n) is 9.67. The van der Waals surface area contributed by atoms with Crippen LogP contribution in [0, 0.1) is 0 Å². The molecule has 0 aliphatic carbocycles. The minimum absolute atomic E-state index is 0.0288. The van der Waals surface area contributed by atoms with Gasteiger partial charge in [0.1, 0.15) is 0 Å². The standard InChI is InChI=1S/C21H26N4OS2/c1-4-9-17-12-16(13-27-17)20-23-24-21(25(20)6-3)28-14-19(26)22-18-11-8-7-10-15(18)5-2/h7-8,10-13H,4-6,9,14H2,1-3H3,(H,22,26). The summed E-state index contributed by atoms with van der Waals surface area (Å²) < 4.78 is 2.08. The van der Waals surface area contributed by atoms with Crippen LogP contribution in [0.1, 0.15) is 37.6 Å². The fraction of sp³-hybridized carbons (Fsp3) is 0.381. The quantitative estimate of drug-likeness (QED) is 0.484. The Labute approximate surface area is 174 Å². The molecular formula is C21H26N4OS2. The highest BCUT2D eigenvalue weighted by Gasteiger charge is 2.16. The number of hydrogen-bond acceptors (Lipinski definition) is 5. The van der Waals surface area contributed by atoms with Crippen molar-refractivity contribution in [2.24, 2.45) is 0 Å². The summed E-state index contributed by atoms with van der Waals surface area (Å²) in [5.74, 6) is 1.15. The number of benzene rings is 1. The molecule has 0 fully saturated rings. The van der Waals surface area contributed by atoms with Crippen molar-refractivity contribution < 1.29 is 4.79 Å². The van der Waals surface area contributed by atoms with Crippen molar-refractivity contribution in [3.8, 4) is 11.4 Å². The van der Waals surface area contributed by atoms with Gasteiger partial charge in [-0.15, -0.1) is 21.5 Å². The minimum Gasteiger partial charge on any atom is -0.325 e. The van der Waals surface area contributed by atoms with Crippen LogP contribution in [0.5, 0.6) is 0 Å². The monoisotopic (exact) mass is 414 g/mol. The third-order valence-corrected chi connectivity index (χ3v) is 6.41. The predicted molar refractivity (Wildman–Crippen MR) is 118 cm³/mol. The highest BCUT2D eigenvalue weighted by molar-refractivity contribution is 7.99. The fourth-order valence-electron chi connectivity index (χ4n) is 3.04. The van der Waals surface area contributed by atoms with E-state index in [9.17, 15) is 4.79 Å². The maximum Gasteiger partial charge on any atom is 0.234 e. The molecule has 28 heavy (non-hydrogen) atoms. The predicted octanol–water partition coefficient (Wildman–Crippen LogP) is 5.27.